The predicted molar refractivity (Wildman–Crippen MR) is 69.0 cm³/mol. The molecule has 0 amide bonds. The van der Waals surface area contributed by atoms with Crippen LogP contribution in [0.4, 0.5) is 5.69 Å². The van der Waals surface area contributed by atoms with Crippen molar-refractivity contribution in [3.8, 4) is 0 Å². The van der Waals surface area contributed by atoms with Crippen molar-refractivity contribution in [3.63, 3.8) is 0 Å². The topological polar surface area (TPSA) is 52.3 Å². The molecule has 0 spiro atoms. The molecular formula is C13H13NO2S. The van der Waals surface area contributed by atoms with Crippen LogP contribution in [0.25, 0.3) is 0 Å². The Labute approximate surface area is 104 Å². The fraction of sp³-hybridized carbons (Fsp3) is 0.154. The number of anilines is 1. The number of carbonyl (C=O) groups is 1. The van der Waals surface area contributed by atoms with Crippen LogP contribution in [0.15, 0.2) is 35.0 Å². The van der Waals surface area contributed by atoms with Crippen LogP contribution < -0.4 is 5.73 Å². The van der Waals surface area contributed by atoms with Crippen LogP contribution in [0.3, 0.4) is 0 Å². The van der Waals surface area contributed by atoms with Crippen LogP contribution in [0.2, 0.25) is 0 Å². The summed E-state index contributed by atoms with van der Waals surface area (Å²) in [6.07, 6.45) is 0. The number of hydrogen-bond acceptors (Lipinski definition) is 4. The number of benzene rings is 1. The summed E-state index contributed by atoms with van der Waals surface area (Å²) >= 11 is 1.58. The minimum atomic E-state index is -0.377. The van der Waals surface area contributed by atoms with Crippen LogP contribution >= 0.6 is 11.3 Å². The smallest absolute Gasteiger partial charge is 0.340 e. The van der Waals surface area contributed by atoms with Gasteiger partial charge in [0.05, 0.1) is 5.56 Å². The van der Waals surface area contributed by atoms with Gasteiger partial charge in [0.1, 0.15) is 6.61 Å². The highest BCUT2D eigenvalue weighted by Crippen LogP contribution is 2.16. The van der Waals surface area contributed by atoms with E-state index in [1.54, 1.807) is 23.5 Å². The molecule has 1 aromatic heterocycles. The molecule has 2 rings (SSSR count). The third kappa shape index (κ3) is 2.85. The van der Waals surface area contributed by atoms with E-state index in [9.17, 15) is 4.79 Å². The van der Waals surface area contributed by atoms with Crippen LogP contribution in [0.5, 0.6) is 0 Å². The molecule has 17 heavy (non-hydrogen) atoms. The Bertz CT molecular complexity index is 520. The zero-order chi connectivity index (χ0) is 12.3. The molecule has 0 bridgehead atoms. The molecule has 0 saturated heterocycles. The minimum absolute atomic E-state index is 0.287. The number of aryl methyl sites for hydroxylation is 1. The second-order valence-electron chi connectivity index (χ2n) is 3.80. The molecule has 3 nitrogen and oxygen atoms in total. The lowest BCUT2D eigenvalue weighted by Crippen LogP contribution is -2.08. The first-order chi connectivity index (χ1) is 8.16. The van der Waals surface area contributed by atoms with Gasteiger partial charge in [0, 0.05) is 11.3 Å². The van der Waals surface area contributed by atoms with Crippen LogP contribution in [-0.2, 0) is 11.3 Å². The minimum Gasteiger partial charge on any atom is -0.457 e. The lowest BCUT2D eigenvalue weighted by molar-refractivity contribution is 0.0474. The Morgan fingerprint density at radius 2 is 2.24 bits per heavy atom. The maximum absolute atomic E-state index is 11.8. The van der Waals surface area contributed by atoms with E-state index >= 15 is 0 Å². The van der Waals surface area contributed by atoms with Crippen molar-refractivity contribution in [2.24, 2.45) is 0 Å². The molecule has 1 aromatic carbocycles. The van der Waals surface area contributed by atoms with E-state index in [0.717, 1.165) is 11.1 Å². The molecule has 2 aromatic rings. The van der Waals surface area contributed by atoms with Crippen molar-refractivity contribution in [1.82, 2.24) is 0 Å². The predicted octanol–water partition coefficient (Wildman–Crippen LogP) is 3.00. The third-order valence-electron chi connectivity index (χ3n) is 2.38. The number of esters is 1. The summed E-state index contributed by atoms with van der Waals surface area (Å²) in [5.41, 5.74) is 8.60. The maximum atomic E-state index is 11.8. The quantitative estimate of drug-likeness (QED) is 0.670. The van der Waals surface area contributed by atoms with Gasteiger partial charge in [0.25, 0.3) is 0 Å². The van der Waals surface area contributed by atoms with Gasteiger partial charge in [-0.15, -0.1) is 0 Å². The average molecular weight is 247 g/mol. The van der Waals surface area contributed by atoms with E-state index < -0.39 is 0 Å². The highest BCUT2D eigenvalue weighted by molar-refractivity contribution is 7.07. The summed E-state index contributed by atoms with van der Waals surface area (Å²) in [6, 6.07) is 7.25. The second kappa shape index (κ2) is 5.01. The molecule has 0 radical (unpaired) electrons. The van der Waals surface area contributed by atoms with E-state index in [0.29, 0.717) is 11.3 Å². The van der Waals surface area contributed by atoms with Gasteiger partial charge in [-0.25, -0.2) is 4.79 Å². The van der Waals surface area contributed by atoms with Crippen molar-refractivity contribution >= 4 is 23.0 Å². The van der Waals surface area contributed by atoms with Gasteiger partial charge < -0.3 is 10.5 Å². The first kappa shape index (κ1) is 11.7. The zero-order valence-corrected chi connectivity index (χ0v) is 10.3. The maximum Gasteiger partial charge on any atom is 0.340 e. The molecule has 2 N–H and O–H groups in total. The van der Waals surface area contributed by atoms with Gasteiger partial charge in [-0.2, -0.15) is 11.3 Å². The fourth-order valence-corrected chi connectivity index (χ4v) is 2.10. The fourth-order valence-electron chi connectivity index (χ4n) is 1.45. The summed E-state index contributed by atoms with van der Waals surface area (Å²) in [6.45, 7) is 2.20. The zero-order valence-electron chi connectivity index (χ0n) is 9.47. The second-order valence-corrected chi connectivity index (χ2v) is 4.58. The number of ether oxygens (including phenoxy) is 1. The number of thiophene rings is 1. The van der Waals surface area contributed by atoms with Crippen molar-refractivity contribution in [2.75, 3.05) is 5.73 Å². The number of nitrogen functional groups attached to an aromatic ring is 1. The average Bonchev–Trinajstić information content (AvgIpc) is 2.82. The number of nitrogens with two attached hydrogens (primary N) is 1. The highest BCUT2D eigenvalue weighted by atomic mass is 32.1. The van der Waals surface area contributed by atoms with Gasteiger partial charge in [-0.1, -0.05) is 11.6 Å². The normalized spacial score (nSPS) is 10.2. The summed E-state index contributed by atoms with van der Waals surface area (Å²) in [4.78, 5) is 11.8. The largest absolute Gasteiger partial charge is 0.457 e. The van der Waals surface area contributed by atoms with Gasteiger partial charge in [-0.3, -0.25) is 0 Å². The summed E-state index contributed by atoms with van der Waals surface area (Å²) in [7, 11) is 0. The Morgan fingerprint density at radius 1 is 1.41 bits per heavy atom. The van der Waals surface area contributed by atoms with Crippen molar-refractivity contribution in [2.45, 2.75) is 13.5 Å². The summed E-state index contributed by atoms with van der Waals surface area (Å²) in [5.74, 6) is -0.377. The molecule has 0 saturated carbocycles. The molecule has 1 heterocycles. The van der Waals surface area contributed by atoms with Crippen molar-refractivity contribution in [3.05, 3.63) is 51.7 Å². The van der Waals surface area contributed by atoms with E-state index in [1.165, 1.54) is 0 Å². The van der Waals surface area contributed by atoms with Gasteiger partial charge in [0.2, 0.25) is 0 Å². The standard InChI is InChI=1S/C13H13NO2S/c1-9-2-3-12(14)11(6-9)13(15)16-7-10-4-5-17-8-10/h2-6,8H,7,14H2,1H3. The van der Waals surface area contributed by atoms with E-state index in [1.807, 2.05) is 29.8 Å². The molecule has 4 heteroatoms. The first-order valence-electron chi connectivity index (χ1n) is 5.21. The Balaban J connectivity index is 2.07. The summed E-state index contributed by atoms with van der Waals surface area (Å²) in [5, 5.41) is 3.90. The van der Waals surface area contributed by atoms with E-state index in [2.05, 4.69) is 0 Å². The molecular weight excluding hydrogens is 234 g/mol. The first-order valence-corrected chi connectivity index (χ1v) is 6.15. The number of carbonyl (C=O) groups excluding carboxylic acids is 1. The molecule has 0 unspecified atom stereocenters. The number of hydrogen-bond donors (Lipinski definition) is 1. The molecule has 0 aliphatic carbocycles. The molecule has 0 atom stereocenters. The van der Waals surface area contributed by atoms with Crippen molar-refractivity contribution < 1.29 is 9.53 Å². The molecule has 88 valence electrons. The Kier molecular flexibility index (Phi) is 3.44. The third-order valence-corrected chi connectivity index (χ3v) is 3.11. The van der Waals surface area contributed by atoms with E-state index in [-0.39, 0.29) is 12.6 Å². The Morgan fingerprint density at radius 3 is 2.94 bits per heavy atom. The van der Waals surface area contributed by atoms with Crippen molar-refractivity contribution in [1.29, 1.82) is 0 Å². The highest BCUT2D eigenvalue weighted by Gasteiger charge is 2.11. The van der Waals surface area contributed by atoms with Crippen LogP contribution in [0.1, 0.15) is 21.5 Å². The van der Waals surface area contributed by atoms with Gasteiger partial charge in [-0.05, 0) is 35.9 Å². The summed E-state index contributed by atoms with van der Waals surface area (Å²) < 4.78 is 5.20. The monoisotopic (exact) mass is 247 g/mol. The van der Waals surface area contributed by atoms with E-state index in [4.69, 9.17) is 10.5 Å². The molecule has 0 fully saturated rings. The lowest BCUT2D eigenvalue weighted by atomic mass is 10.1. The SMILES string of the molecule is Cc1ccc(N)c(C(=O)OCc2ccsc2)c1. The lowest BCUT2D eigenvalue weighted by Gasteiger charge is -2.07. The van der Waals surface area contributed by atoms with Gasteiger partial charge in [0.15, 0.2) is 0 Å². The van der Waals surface area contributed by atoms with Crippen LogP contribution in [0, 0.1) is 6.92 Å². The molecule has 0 aliphatic rings. The van der Waals surface area contributed by atoms with Gasteiger partial charge >= 0.3 is 5.97 Å². The molecule has 0 aliphatic heterocycles. The number of rotatable bonds is 3. The Hall–Kier alpha value is -1.81. The van der Waals surface area contributed by atoms with Crippen LogP contribution in [-0.4, -0.2) is 5.97 Å².